The minimum atomic E-state index is -0.140. The summed E-state index contributed by atoms with van der Waals surface area (Å²) in [6.45, 7) is 0.176. The number of fused-ring (bicyclic) bond motifs is 1. The Morgan fingerprint density at radius 3 is 2.68 bits per heavy atom. The molecule has 4 aromatic rings. The molecule has 0 saturated carbocycles. The summed E-state index contributed by atoms with van der Waals surface area (Å²) in [4.78, 5) is 16.9. The Hall–Kier alpha value is -3.41. The fourth-order valence-corrected chi connectivity index (χ4v) is 2.92. The Morgan fingerprint density at radius 1 is 1.08 bits per heavy atom. The zero-order chi connectivity index (χ0) is 17.2. The fraction of sp³-hybridized carbons (Fsp3) is 0.105. The highest BCUT2D eigenvalue weighted by Gasteiger charge is 2.13. The van der Waals surface area contributed by atoms with Gasteiger partial charge in [0.15, 0.2) is 5.82 Å². The summed E-state index contributed by atoms with van der Waals surface area (Å²) in [5.74, 6) is 1.20. The van der Waals surface area contributed by atoms with Gasteiger partial charge < -0.3 is 9.88 Å². The zero-order valence-corrected chi connectivity index (χ0v) is 13.8. The van der Waals surface area contributed by atoms with Crippen LogP contribution in [-0.4, -0.2) is 25.2 Å². The van der Waals surface area contributed by atoms with Gasteiger partial charge in [-0.05, 0) is 12.1 Å². The van der Waals surface area contributed by atoms with Crippen LogP contribution in [0.4, 0.5) is 5.82 Å². The molecule has 6 nitrogen and oxygen atoms in total. The topological polar surface area (TPSA) is 64.7 Å². The third-order valence-corrected chi connectivity index (χ3v) is 4.08. The number of aromatic nitrogens is 4. The predicted octanol–water partition coefficient (Wildman–Crippen LogP) is 3.08. The van der Waals surface area contributed by atoms with E-state index in [2.05, 4.69) is 15.4 Å². The molecule has 4 rings (SSSR count). The second-order valence-electron chi connectivity index (χ2n) is 5.78. The van der Waals surface area contributed by atoms with E-state index in [1.54, 1.807) is 17.1 Å². The lowest BCUT2D eigenvalue weighted by Gasteiger charge is -2.08. The van der Waals surface area contributed by atoms with E-state index in [0.717, 1.165) is 22.3 Å². The normalized spacial score (nSPS) is 10.9. The number of hydrogen-bond donors (Lipinski definition) is 1. The number of aryl methyl sites for hydroxylation is 1. The van der Waals surface area contributed by atoms with Crippen molar-refractivity contribution in [2.45, 2.75) is 6.54 Å². The van der Waals surface area contributed by atoms with Crippen molar-refractivity contribution in [2.24, 2.45) is 7.05 Å². The summed E-state index contributed by atoms with van der Waals surface area (Å²) >= 11 is 0. The smallest absolute Gasteiger partial charge is 0.245 e. The number of nitrogens with one attached hydrogen (secondary N) is 1. The molecule has 2 aromatic carbocycles. The number of amides is 1. The molecule has 0 aliphatic heterocycles. The molecule has 0 bridgehead atoms. The maximum atomic E-state index is 12.5. The minimum Gasteiger partial charge on any atom is -0.322 e. The van der Waals surface area contributed by atoms with Gasteiger partial charge in [0.25, 0.3) is 0 Å². The van der Waals surface area contributed by atoms with Crippen LogP contribution in [0.25, 0.3) is 22.3 Å². The molecule has 1 amide bonds. The van der Waals surface area contributed by atoms with Gasteiger partial charge in [0, 0.05) is 30.4 Å². The van der Waals surface area contributed by atoms with Crippen LogP contribution in [0.15, 0.2) is 67.0 Å². The molecule has 0 fully saturated rings. The Kier molecular flexibility index (Phi) is 3.78. The van der Waals surface area contributed by atoms with Gasteiger partial charge in [-0.25, -0.2) is 4.98 Å². The number of imidazole rings is 1. The first-order valence-electron chi connectivity index (χ1n) is 8.00. The van der Waals surface area contributed by atoms with Crippen LogP contribution in [-0.2, 0) is 18.4 Å². The molecule has 0 saturated heterocycles. The van der Waals surface area contributed by atoms with E-state index in [-0.39, 0.29) is 12.5 Å². The summed E-state index contributed by atoms with van der Waals surface area (Å²) < 4.78 is 3.59. The highest BCUT2D eigenvalue weighted by Crippen LogP contribution is 2.22. The van der Waals surface area contributed by atoms with Gasteiger partial charge in [-0.2, -0.15) is 5.10 Å². The molecule has 124 valence electrons. The Morgan fingerprint density at radius 2 is 1.84 bits per heavy atom. The second kappa shape index (κ2) is 6.24. The molecule has 0 aliphatic carbocycles. The van der Waals surface area contributed by atoms with Gasteiger partial charge in [0.05, 0.1) is 5.52 Å². The number of para-hydroxylation sites is 1. The molecule has 25 heavy (non-hydrogen) atoms. The van der Waals surface area contributed by atoms with E-state index in [9.17, 15) is 4.79 Å². The van der Waals surface area contributed by atoms with Crippen LogP contribution in [0.5, 0.6) is 0 Å². The van der Waals surface area contributed by atoms with Gasteiger partial charge in [-0.15, -0.1) is 0 Å². The van der Waals surface area contributed by atoms with E-state index in [1.165, 1.54) is 0 Å². The Balaban J connectivity index is 1.56. The van der Waals surface area contributed by atoms with Crippen LogP contribution in [0.1, 0.15) is 0 Å². The molecule has 0 radical (unpaired) electrons. The van der Waals surface area contributed by atoms with Gasteiger partial charge in [0.1, 0.15) is 12.4 Å². The summed E-state index contributed by atoms with van der Waals surface area (Å²) in [5.41, 5.74) is 1.95. The van der Waals surface area contributed by atoms with Crippen LogP contribution >= 0.6 is 0 Å². The number of hydrogen-bond acceptors (Lipinski definition) is 3. The van der Waals surface area contributed by atoms with Crippen molar-refractivity contribution >= 4 is 22.6 Å². The van der Waals surface area contributed by atoms with Gasteiger partial charge in [-0.3, -0.25) is 9.48 Å². The van der Waals surface area contributed by atoms with E-state index in [1.807, 2.05) is 66.2 Å². The molecule has 0 unspecified atom stereocenters. The van der Waals surface area contributed by atoms with E-state index < -0.39 is 0 Å². The Bertz CT molecular complexity index is 1030. The maximum Gasteiger partial charge on any atom is 0.245 e. The number of anilines is 1. The lowest BCUT2D eigenvalue weighted by molar-refractivity contribution is -0.116. The largest absolute Gasteiger partial charge is 0.322 e. The summed E-state index contributed by atoms with van der Waals surface area (Å²) in [6, 6.07) is 17.6. The van der Waals surface area contributed by atoms with Crippen molar-refractivity contribution in [3.05, 3.63) is 67.0 Å². The highest BCUT2D eigenvalue weighted by atomic mass is 16.2. The van der Waals surface area contributed by atoms with E-state index >= 15 is 0 Å². The van der Waals surface area contributed by atoms with Crippen molar-refractivity contribution in [1.82, 2.24) is 19.3 Å². The summed E-state index contributed by atoms with van der Waals surface area (Å²) in [7, 11) is 1.86. The third kappa shape index (κ3) is 2.89. The monoisotopic (exact) mass is 331 g/mol. The number of carbonyl (C=O) groups is 1. The first-order valence-corrected chi connectivity index (χ1v) is 8.00. The predicted molar refractivity (Wildman–Crippen MR) is 97.0 cm³/mol. The van der Waals surface area contributed by atoms with Crippen LogP contribution in [0, 0.1) is 0 Å². The Labute approximate surface area is 144 Å². The van der Waals surface area contributed by atoms with Crippen molar-refractivity contribution in [2.75, 3.05) is 5.32 Å². The van der Waals surface area contributed by atoms with E-state index in [4.69, 9.17) is 0 Å². The first-order chi connectivity index (χ1) is 12.2. The molecule has 0 spiro atoms. The van der Waals surface area contributed by atoms with Gasteiger partial charge in [0.2, 0.25) is 5.91 Å². The quantitative estimate of drug-likeness (QED) is 0.625. The first kappa shape index (κ1) is 15.1. The minimum absolute atomic E-state index is 0.140. The van der Waals surface area contributed by atoms with Crippen LogP contribution < -0.4 is 5.32 Å². The van der Waals surface area contributed by atoms with Crippen LogP contribution in [0.3, 0.4) is 0 Å². The average molecular weight is 331 g/mol. The number of benzene rings is 2. The molecular formula is C19H17N5O. The van der Waals surface area contributed by atoms with Crippen molar-refractivity contribution in [1.29, 1.82) is 0 Å². The average Bonchev–Trinajstić information content (AvgIpc) is 3.21. The highest BCUT2D eigenvalue weighted by molar-refractivity contribution is 5.99. The maximum absolute atomic E-state index is 12.5. The molecular weight excluding hydrogens is 314 g/mol. The number of carbonyl (C=O) groups excluding carboxylic acids is 1. The van der Waals surface area contributed by atoms with Gasteiger partial charge >= 0.3 is 0 Å². The van der Waals surface area contributed by atoms with Crippen molar-refractivity contribution in [3.8, 4) is 11.4 Å². The molecule has 2 heterocycles. The zero-order valence-electron chi connectivity index (χ0n) is 13.8. The fourth-order valence-electron chi connectivity index (χ4n) is 2.92. The number of nitrogens with zero attached hydrogens (tertiary/aromatic N) is 4. The lowest BCUT2D eigenvalue weighted by Crippen LogP contribution is -2.19. The van der Waals surface area contributed by atoms with Crippen LogP contribution in [0.2, 0.25) is 0 Å². The second-order valence-corrected chi connectivity index (χ2v) is 5.78. The SMILES string of the molecule is Cn1nc(NC(=O)Cn2ccnc2-c2ccccc2)c2ccccc21. The lowest BCUT2D eigenvalue weighted by atomic mass is 10.2. The van der Waals surface area contributed by atoms with Gasteiger partial charge in [-0.1, -0.05) is 42.5 Å². The molecule has 1 N–H and O–H groups in total. The third-order valence-electron chi connectivity index (χ3n) is 4.08. The summed E-state index contributed by atoms with van der Waals surface area (Å²) in [6.07, 6.45) is 3.50. The molecule has 0 atom stereocenters. The standard InChI is InChI=1S/C19H17N5O/c1-23-16-10-6-5-9-15(16)18(22-23)21-17(25)13-24-12-11-20-19(24)14-7-3-2-4-8-14/h2-12H,13H2,1H3,(H,21,22,25). The molecule has 0 aliphatic rings. The molecule has 2 aromatic heterocycles. The van der Waals surface area contributed by atoms with Crippen molar-refractivity contribution < 1.29 is 4.79 Å². The van der Waals surface area contributed by atoms with Crippen molar-refractivity contribution in [3.63, 3.8) is 0 Å². The van der Waals surface area contributed by atoms with E-state index in [0.29, 0.717) is 5.82 Å². The number of rotatable bonds is 4. The molecule has 6 heteroatoms. The summed E-state index contributed by atoms with van der Waals surface area (Å²) in [5, 5.41) is 8.23.